The van der Waals surface area contributed by atoms with Gasteiger partial charge < -0.3 is 10.6 Å². The van der Waals surface area contributed by atoms with Crippen LogP contribution < -0.4 is 10.6 Å². The van der Waals surface area contributed by atoms with Crippen LogP contribution in [0.4, 0.5) is 5.82 Å². The highest BCUT2D eigenvalue weighted by atomic mass is 35.5. The third-order valence-electron chi connectivity index (χ3n) is 2.99. The number of hydrogen-bond acceptors (Lipinski definition) is 3. The third kappa shape index (κ3) is 1.85. The number of amidine groups is 1. The number of halogens is 1. The van der Waals surface area contributed by atoms with Gasteiger partial charge >= 0.3 is 0 Å². The van der Waals surface area contributed by atoms with E-state index >= 15 is 0 Å². The number of nitrogens with one attached hydrogen (secondary N) is 1. The van der Waals surface area contributed by atoms with Crippen LogP contribution in [0.25, 0.3) is 0 Å². The van der Waals surface area contributed by atoms with Gasteiger partial charge in [-0.05, 0) is 25.8 Å². The Morgan fingerprint density at radius 1 is 1.69 bits per heavy atom. The van der Waals surface area contributed by atoms with Gasteiger partial charge in [0.05, 0.1) is 5.02 Å². The molecule has 5 heteroatoms. The maximum atomic E-state index is 7.44. The summed E-state index contributed by atoms with van der Waals surface area (Å²) >= 11 is 6.22. The second kappa shape index (κ2) is 4.29. The number of anilines is 1. The topological polar surface area (TPSA) is 66.0 Å². The van der Waals surface area contributed by atoms with Gasteiger partial charge in [-0.25, -0.2) is 4.98 Å². The van der Waals surface area contributed by atoms with Crippen LogP contribution in [-0.4, -0.2) is 23.4 Å². The molecule has 0 aromatic carbocycles. The van der Waals surface area contributed by atoms with Crippen molar-refractivity contribution in [1.82, 2.24) is 4.98 Å². The summed E-state index contributed by atoms with van der Waals surface area (Å²) in [6, 6.07) is 2.13. The van der Waals surface area contributed by atoms with E-state index in [0.717, 1.165) is 25.2 Å². The van der Waals surface area contributed by atoms with Gasteiger partial charge in [0, 0.05) is 24.3 Å². The Balaban J connectivity index is 2.41. The highest BCUT2D eigenvalue weighted by Crippen LogP contribution is 2.31. The van der Waals surface area contributed by atoms with Crippen molar-refractivity contribution in [2.24, 2.45) is 5.73 Å². The first-order chi connectivity index (χ1) is 7.61. The van der Waals surface area contributed by atoms with Crippen molar-refractivity contribution in [2.45, 2.75) is 25.8 Å². The second-order valence-corrected chi connectivity index (χ2v) is 4.47. The van der Waals surface area contributed by atoms with Gasteiger partial charge in [0.1, 0.15) is 11.7 Å². The van der Waals surface area contributed by atoms with Crippen LogP contribution in [0.1, 0.15) is 25.3 Å². The van der Waals surface area contributed by atoms with E-state index in [9.17, 15) is 0 Å². The molecule has 2 rings (SSSR count). The van der Waals surface area contributed by atoms with E-state index in [1.54, 1.807) is 12.3 Å². The van der Waals surface area contributed by atoms with Crippen molar-refractivity contribution in [3.8, 4) is 0 Å². The number of hydrogen-bond donors (Lipinski definition) is 2. The molecule has 1 aromatic heterocycles. The van der Waals surface area contributed by atoms with E-state index in [-0.39, 0.29) is 5.84 Å². The van der Waals surface area contributed by atoms with Gasteiger partial charge in [-0.2, -0.15) is 0 Å². The summed E-state index contributed by atoms with van der Waals surface area (Å²) in [4.78, 5) is 6.47. The Morgan fingerprint density at radius 2 is 2.44 bits per heavy atom. The monoisotopic (exact) mass is 238 g/mol. The summed E-state index contributed by atoms with van der Waals surface area (Å²) in [5, 5.41) is 7.93. The number of nitrogen functional groups attached to an aromatic ring is 1. The SMILES string of the molecule is CC1CCCN1c1nccc(C(=N)N)c1Cl. The lowest BCUT2D eigenvalue weighted by Crippen LogP contribution is -2.28. The Bertz CT molecular complexity index is 418. The van der Waals surface area contributed by atoms with Gasteiger partial charge in [-0.15, -0.1) is 0 Å². The fourth-order valence-electron chi connectivity index (χ4n) is 2.09. The molecule has 1 aliphatic heterocycles. The van der Waals surface area contributed by atoms with Crippen molar-refractivity contribution in [2.75, 3.05) is 11.4 Å². The zero-order valence-electron chi connectivity index (χ0n) is 9.20. The van der Waals surface area contributed by atoms with Crippen molar-refractivity contribution in [3.05, 3.63) is 22.8 Å². The minimum Gasteiger partial charge on any atom is -0.384 e. The number of aromatic nitrogens is 1. The molecule has 0 bridgehead atoms. The molecule has 0 aliphatic carbocycles. The molecule has 0 saturated carbocycles. The second-order valence-electron chi connectivity index (χ2n) is 4.09. The Morgan fingerprint density at radius 3 is 3.00 bits per heavy atom. The van der Waals surface area contributed by atoms with Gasteiger partial charge in [-0.1, -0.05) is 11.6 Å². The predicted molar refractivity (Wildman–Crippen MR) is 66.3 cm³/mol. The summed E-state index contributed by atoms with van der Waals surface area (Å²) in [7, 11) is 0. The highest BCUT2D eigenvalue weighted by molar-refractivity contribution is 6.36. The van der Waals surface area contributed by atoms with Crippen molar-refractivity contribution >= 4 is 23.3 Å². The van der Waals surface area contributed by atoms with Crippen molar-refractivity contribution in [3.63, 3.8) is 0 Å². The number of nitrogens with zero attached hydrogens (tertiary/aromatic N) is 2. The largest absolute Gasteiger partial charge is 0.384 e. The molecule has 3 N–H and O–H groups in total. The van der Waals surface area contributed by atoms with E-state index in [1.165, 1.54) is 0 Å². The summed E-state index contributed by atoms with van der Waals surface area (Å²) in [6.07, 6.45) is 3.97. The van der Waals surface area contributed by atoms with Crippen LogP contribution in [0.3, 0.4) is 0 Å². The maximum absolute atomic E-state index is 7.44. The van der Waals surface area contributed by atoms with Gasteiger partial charge in [-0.3, -0.25) is 5.41 Å². The molecule has 1 aromatic rings. The van der Waals surface area contributed by atoms with Crippen molar-refractivity contribution in [1.29, 1.82) is 5.41 Å². The smallest absolute Gasteiger partial charge is 0.148 e. The zero-order chi connectivity index (χ0) is 11.7. The van der Waals surface area contributed by atoms with Gasteiger partial charge in [0.15, 0.2) is 0 Å². The fraction of sp³-hybridized carbons (Fsp3) is 0.455. The lowest BCUT2D eigenvalue weighted by atomic mass is 10.2. The Kier molecular flexibility index (Phi) is 3.01. The lowest BCUT2D eigenvalue weighted by molar-refractivity contribution is 0.727. The predicted octanol–water partition coefficient (Wildman–Crippen LogP) is 2.01. The molecule has 16 heavy (non-hydrogen) atoms. The molecule has 1 unspecified atom stereocenters. The van der Waals surface area contributed by atoms with Crippen molar-refractivity contribution < 1.29 is 0 Å². The minimum atomic E-state index is -0.0134. The summed E-state index contributed by atoms with van der Waals surface area (Å²) < 4.78 is 0. The molecule has 0 amide bonds. The first-order valence-electron chi connectivity index (χ1n) is 5.37. The number of pyridine rings is 1. The Labute approximate surface area is 99.9 Å². The third-order valence-corrected chi connectivity index (χ3v) is 3.36. The van der Waals surface area contributed by atoms with E-state index in [1.807, 2.05) is 0 Å². The standard InChI is InChI=1S/C11H15ClN4/c1-7-3-2-6-16(7)11-9(12)8(10(13)14)4-5-15-11/h4-5,7H,2-3,6H2,1H3,(H3,13,14). The average Bonchev–Trinajstić information content (AvgIpc) is 2.64. The first-order valence-corrected chi connectivity index (χ1v) is 5.74. The minimum absolute atomic E-state index is 0.0134. The summed E-state index contributed by atoms with van der Waals surface area (Å²) in [6.45, 7) is 3.13. The average molecular weight is 239 g/mol. The molecular formula is C11H15ClN4. The quantitative estimate of drug-likeness (QED) is 0.612. The van der Waals surface area contributed by atoms with Crippen LogP contribution in [0.5, 0.6) is 0 Å². The molecule has 1 aliphatic rings. The molecule has 4 nitrogen and oxygen atoms in total. The molecule has 1 fully saturated rings. The Hall–Kier alpha value is -1.29. The maximum Gasteiger partial charge on any atom is 0.148 e. The molecule has 2 heterocycles. The summed E-state index contributed by atoms with van der Waals surface area (Å²) in [5.74, 6) is 0.736. The van der Waals surface area contributed by atoms with Gasteiger partial charge in [0.2, 0.25) is 0 Å². The van der Waals surface area contributed by atoms with E-state index < -0.39 is 0 Å². The van der Waals surface area contributed by atoms with Crippen LogP contribution in [0.2, 0.25) is 5.02 Å². The fourth-order valence-corrected chi connectivity index (χ4v) is 2.41. The van der Waals surface area contributed by atoms with Crippen LogP contribution in [0, 0.1) is 5.41 Å². The summed E-state index contributed by atoms with van der Waals surface area (Å²) in [5.41, 5.74) is 6.03. The molecule has 86 valence electrons. The van der Waals surface area contributed by atoms with E-state index in [2.05, 4.69) is 16.8 Å². The first kappa shape index (κ1) is 11.2. The van der Waals surface area contributed by atoms with E-state index in [4.69, 9.17) is 22.7 Å². The molecule has 0 spiro atoms. The van der Waals surface area contributed by atoms with E-state index in [0.29, 0.717) is 16.6 Å². The molecule has 0 radical (unpaired) electrons. The highest BCUT2D eigenvalue weighted by Gasteiger charge is 2.24. The number of nitrogens with two attached hydrogens (primary N) is 1. The molecular weight excluding hydrogens is 224 g/mol. The number of rotatable bonds is 2. The van der Waals surface area contributed by atoms with Crippen LogP contribution in [-0.2, 0) is 0 Å². The normalized spacial score (nSPS) is 20.1. The molecule has 1 saturated heterocycles. The lowest BCUT2D eigenvalue weighted by Gasteiger charge is -2.24. The van der Waals surface area contributed by atoms with Crippen LogP contribution >= 0.6 is 11.6 Å². The van der Waals surface area contributed by atoms with Crippen LogP contribution in [0.15, 0.2) is 12.3 Å². The van der Waals surface area contributed by atoms with Gasteiger partial charge in [0.25, 0.3) is 0 Å². The molecule has 1 atom stereocenters. The zero-order valence-corrected chi connectivity index (χ0v) is 9.96.